The molecule has 0 bridgehead atoms. The van der Waals surface area contributed by atoms with Crippen molar-refractivity contribution in [2.75, 3.05) is 13.1 Å². The van der Waals surface area contributed by atoms with E-state index in [1.807, 2.05) is 0 Å². The van der Waals surface area contributed by atoms with Crippen molar-refractivity contribution in [3.63, 3.8) is 0 Å². The highest BCUT2D eigenvalue weighted by molar-refractivity contribution is 7.89. The Morgan fingerprint density at radius 3 is 2.67 bits per heavy atom. The van der Waals surface area contributed by atoms with Gasteiger partial charge in [0, 0.05) is 13.1 Å². The smallest absolute Gasteiger partial charge is 0.338 e. The van der Waals surface area contributed by atoms with Crippen LogP contribution in [-0.2, 0) is 19.6 Å². The van der Waals surface area contributed by atoms with Crippen molar-refractivity contribution >= 4 is 33.5 Å². The predicted molar refractivity (Wildman–Crippen MR) is 90.4 cm³/mol. The van der Waals surface area contributed by atoms with Crippen LogP contribution in [0.4, 0.5) is 0 Å². The summed E-state index contributed by atoms with van der Waals surface area (Å²) in [5.41, 5.74) is -0.0328. The van der Waals surface area contributed by atoms with Crippen LogP contribution in [0.1, 0.15) is 24.2 Å². The highest BCUT2D eigenvalue weighted by Gasteiger charge is 2.22. The molecule has 1 aromatic carbocycles. The maximum atomic E-state index is 12.1. The molecule has 0 unspecified atom stereocenters. The number of carbonyl (C=O) groups excluding carboxylic acids is 2. The minimum atomic E-state index is -3.90. The zero-order valence-electron chi connectivity index (χ0n) is 13.3. The summed E-state index contributed by atoms with van der Waals surface area (Å²) in [7, 11) is -3.90. The van der Waals surface area contributed by atoms with Crippen molar-refractivity contribution in [2.24, 2.45) is 0 Å². The van der Waals surface area contributed by atoms with E-state index in [1.165, 1.54) is 25.1 Å². The molecule has 24 heavy (non-hydrogen) atoms. The topological polar surface area (TPSA) is 102 Å². The number of carbonyl (C=O) groups is 2. The number of ether oxygens (including phenoxy) is 1. The van der Waals surface area contributed by atoms with Crippen molar-refractivity contribution in [3.8, 4) is 0 Å². The van der Waals surface area contributed by atoms with Crippen LogP contribution >= 0.6 is 11.6 Å². The fourth-order valence-electron chi connectivity index (χ4n) is 1.68. The number of hydrogen-bond donors (Lipinski definition) is 2. The third-order valence-corrected chi connectivity index (χ3v) is 4.78. The predicted octanol–water partition coefficient (Wildman–Crippen LogP) is 1.49. The number of halogens is 1. The molecule has 0 spiro atoms. The average molecular weight is 375 g/mol. The van der Waals surface area contributed by atoms with Crippen LogP contribution < -0.4 is 10.0 Å². The summed E-state index contributed by atoms with van der Waals surface area (Å²) in [6, 6.07) is 3.69. The second-order valence-electron chi connectivity index (χ2n) is 4.73. The molecule has 7 nitrogen and oxygen atoms in total. The number of sulfonamides is 1. The largest absolute Gasteiger partial charge is 0.449 e. The van der Waals surface area contributed by atoms with Crippen molar-refractivity contribution in [3.05, 3.63) is 41.4 Å². The number of likely N-dealkylation sites (N-methyl/N-ethyl adjacent to an activating group) is 1. The van der Waals surface area contributed by atoms with Gasteiger partial charge >= 0.3 is 5.97 Å². The Labute approximate surface area is 146 Å². The Kier molecular flexibility index (Phi) is 7.40. The second kappa shape index (κ2) is 8.81. The lowest BCUT2D eigenvalue weighted by Gasteiger charge is -2.13. The Balaban J connectivity index is 3.02. The Hall–Kier alpha value is -1.90. The van der Waals surface area contributed by atoms with Gasteiger partial charge in [-0.3, -0.25) is 4.79 Å². The van der Waals surface area contributed by atoms with E-state index in [-0.39, 0.29) is 22.0 Å². The van der Waals surface area contributed by atoms with Crippen LogP contribution in [0.25, 0.3) is 0 Å². The van der Waals surface area contributed by atoms with E-state index in [2.05, 4.69) is 16.6 Å². The van der Waals surface area contributed by atoms with E-state index in [9.17, 15) is 18.0 Å². The number of hydrogen-bond acceptors (Lipinski definition) is 5. The minimum absolute atomic E-state index is 0.0154. The Bertz CT molecular complexity index is 733. The third-order valence-electron chi connectivity index (χ3n) is 2.88. The highest BCUT2D eigenvalue weighted by Crippen LogP contribution is 2.23. The molecule has 0 saturated heterocycles. The molecule has 9 heteroatoms. The molecule has 132 valence electrons. The molecule has 0 radical (unpaired) electrons. The maximum Gasteiger partial charge on any atom is 0.338 e. The normalized spacial score (nSPS) is 12.3. The highest BCUT2D eigenvalue weighted by atomic mass is 35.5. The Morgan fingerprint density at radius 1 is 1.42 bits per heavy atom. The Morgan fingerprint density at radius 2 is 2.08 bits per heavy atom. The summed E-state index contributed by atoms with van der Waals surface area (Å²) in [5.74, 6) is -1.27. The molecule has 0 aliphatic carbocycles. The van der Waals surface area contributed by atoms with E-state index < -0.39 is 28.0 Å². The van der Waals surface area contributed by atoms with Crippen molar-refractivity contribution in [1.29, 1.82) is 0 Å². The summed E-state index contributed by atoms with van der Waals surface area (Å²) < 4.78 is 31.6. The maximum absolute atomic E-state index is 12.1. The van der Waals surface area contributed by atoms with Gasteiger partial charge in [0.05, 0.1) is 10.6 Å². The number of amides is 1. The van der Waals surface area contributed by atoms with Gasteiger partial charge in [0.15, 0.2) is 6.10 Å². The van der Waals surface area contributed by atoms with E-state index in [4.69, 9.17) is 16.3 Å². The lowest BCUT2D eigenvalue weighted by atomic mass is 10.2. The molecule has 1 aromatic rings. The van der Waals surface area contributed by atoms with Crippen molar-refractivity contribution < 1.29 is 22.7 Å². The first-order valence-corrected chi connectivity index (χ1v) is 8.97. The van der Waals surface area contributed by atoms with Gasteiger partial charge in [-0.1, -0.05) is 17.7 Å². The van der Waals surface area contributed by atoms with Crippen LogP contribution in [0.3, 0.4) is 0 Å². The first kappa shape index (κ1) is 20.1. The summed E-state index contributed by atoms with van der Waals surface area (Å²) in [6.07, 6.45) is 0.365. The standard InChI is InChI=1S/C15H19ClN2O5S/c1-4-8-18-24(21,22)13-9-11(6-7-12(13)16)15(20)23-10(3)14(19)17-5-2/h4,6-7,9-10,18H,1,5,8H2,2-3H3,(H,17,19)/t10-/m1/s1. The molecule has 1 rings (SSSR count). The van der Waals surface area contributed by atoms with Crippen LogP contribution in [0.15, 0.2) is 35.7 Å². The van der Waals surface area contributed by atoms with Gasteiger partial charge in [-0.05, 0) is 32.0 Å². The van der Waals surface area contributed by atoms with E-state index >= 15 is 0 Å². The van der Waals surface area contributed by atoms with Crippen LogP contribution in [0.2, 0.25) is 5.02 Å². The zero-order chi connectivity index (χ0) is 18.3. The number of rotatable bonds is 8. The van der Waals surface area contributed by atoms with Crippen LogP contribution in [0.5, 0.6) is 0 Å². The molecule has 1 atom stereocenters. The van der Waals surface area contributed by atoms with Crippen molar-refractivity contribution in [2.45, 2.75) is 24.8 Å². The molecule has 0 aromatic heterocycles. The molecule has 0 fully saturated rings. The molecule has 1 amide bonds. The molecule has 0 aliphatic rings. The first-order chi connectivity index (χ1) is 11.2. The fourth-order valence-corrected chi connectivity index (χ4v) is 3.20. The van der Waals surface area contributed by atoms with Crippen molar-refractivity contribution in [1.82, 2.24) is 10.0 Å². The van der Waals surface area contributed by atoms with E-state index in [1.54, 1.807) is 6.92 Å². The van der Waals surface area contributed by atoms with Gasteiger partial charge in [-0.25, -0.2) is 17.9 Å². The van der Waals surface area contributed by atoms with Gasteiger partial charge in [-0.15, -0.1) is 6.58 Å². The molecule has 0 heterocycles. The molecule has 0 saturated carbocycles. The number of esters is 1. The summed E-state index contributed by atoms with van der Waals surface area (Å²) in [6.45, 7) is 6.99. The summed E-state index contributed by atoms with van der Waals surface area (Å²) >= 11 is 5.90. The van der Waals surface area contributed by atoms with Gasteiger partial charge in [-0.2, -0.15) is 0 Å². The van der Waals surface area contributed by atoms with Gasteiger partial charge in [0.1, 0.15) is 4.90 Å². The number of nitrogens with one attached hydrogen (secondary N) is 2. The monoisotopic (exact) mass is 374 g/mol. The first-order valence-electron chi connectivity index (χ1n) is 7.11. The molecular weight excluding hydrogens is 356 g/mol. The lowest BCUT2D eigenvalue weighted by molar-refractivity contribution is -0.128. The number of benzene rings is 1. The van der Waals surface area contributed by atoms with Crippen LogP contribution in [-0.4, -0.2) is 39.5 Å². The zero-order valence-corrected chi connectivity index (χ0v) is 14.9. The van der Waals surface area contributed by atoms with Gasteiger partial charge < -0.3 is 10.1 Å². The second-order valence-corrected chi connectivity index (χ2v) is 6.87. The fraction of sp³-hybridized carbons (Fsp3) is 0.333. The van der Waals surface area contributed by atoms with Gasteiger partial charge in [0.25, 0.3) is 5.91 Å². The SMILES string of the molecule is C=CCNS(=O)(=O)c1cc(C(=O)O[C@H](C)C(=O)NCC)ccc1Cl. The van der Waals surface area contributed by atoms with E-state index in [0.717, 1.165) is 6.07 Å². The van der Waals surface area contributed by atoms with Crippen LogP contribution in [0, 0.1) is 0 Å². The molecule has 2 N–H and O–H groups in total. The minimum Gasteiger partial charge on any atom is -0.449 e. The molecule has 0 aliphatic heterocycles. The van der Waals surface area contributed by atoms with Gasteiger partial charge in [0.2, 0.25) is 10.0 Å². The average Bonchev–Trinajstić information content (AvgIpc) is 2.53. The summed E-state index contributed by atoms with van der Waals surface area (Å²) in [4.78, 5) is 23.4. The molecular formula is C15H19ClN2O5S. The lowest BCUT2D eigenvalue weighted by Crippen LogP contribution is -2.35. The summed E-state index contributed by atoms with van der Waals surface area (Å²) in [5, 5.41) is 2.48. The van der Waals surface area contributed by atoms with E-state index in [0.29, 0.717) is 6.54 Å². The third kappa shape index (κ3) is 5.33. The quantitative estimate of drug-likeness (QED) is 0.530.